The van der Waals surface area contributed by atoms with Crippen LogP contribution in [0.1, 0.15) is 51.1 Å². The lowest BCUT2D eigenvalue weighted by Gasteiger charge is -2.18. The van der Waals surface area contributed by atoms with E-state index < -0.39 is 6.04 Å². The highest BCUT2D eigenvalue weighted by Crippen LogP contribution is 2.19. The normalized spacial score (nSPS) is 16.1. The quantitative estimate of drug-likeness (QED) is 0.640. The Morgan fingerprint density at radius 3 is 2.54 bits per heavy atom. The molecule has 2 unspecified atom stereocenters. The molecule has 0 spiro atoms. The third-order valence-corrected chi connectivity index (χ3v) is 3.99. The van der Waals surface area contributed by atoms with E-state index >= 15 is 0 Å². The van der Waals surface area contributed by atoms with Crippen molar-refractivity contribution in [3.63, 3.8) is 0 Å². The predicted octanol–water partition coefficient (Wildman–Crippen LogP) is 1.65. The van der Waals surface area contributed by atoms with E-state index in [1.165, 1.54) is 0 Å². The van der Waals surface area contributed by atoms with E-state index in [4.69, 9.17) is 10.5 Å². The lowest BCUT2D eigenvalue weighted by molar-refractivity contribution is -0.124. The summed E-state index contributed by atoms with van der Waals surface area (Å²) in [6.07, 6.45) is 3.68. The third-order valence-electron chi connectivity index (χ3n) is 3.99. The summed E-state index contributed by atoms with van der Waals surface area (Å²) in [4.78, 5) is 23.5. The fourth-order valence-corrected chi connectivity index (χ4v) is 2.34. The minimum absolute atomic E-state index is 0.0218. The molecule has 4 N–H and O–H groups in total. The van der Waals surface area contributed by atoms with E-state index in [9.17, 15) is 9.59 Å². The highest BCUT2D eigenvalue weighted by atomic mass is 16.5. The molecule has 2 amide bonds. The van der Waals surface area contributed by atoms with E-state index in [1.54, 1.807) is 12.1 Å². The number of amides is 2. The average Bonchev–Trinajstić information content (AvgIpc) is 3.37. The molecule has 0 aromatic heterocycles. The highest BCUT2D eigenvalue weighted by molar-refractivity contribution is 5.81. The molecule has 0 bridgehead atoms. The topological polar surface area (TPSA) is 93.5 Å². The number of benzene rings is 1. The Bertz CT molecular complexity index is 555. The largest absolute Gasteiger partial charge is 0.484 e. The van der Waals surface area contributed by atoms with Crippen molar-refractivity contribution >= 4 is 11.8 Å². The fourth-order valence-electron chi connectivity index (χ4n) is 2.34. The minimum Gasteiger partial charge on any atom is -0.484 e. The summed E-state index contributed by atoms with van der Waals surface area (Å²) in [6, 6.07) is 7.10. The number of carbonyl (C=O) groups is 2. The van der Waals surface area contributed by atoms with Gasteiger partial charge in [0.05, 0.1) is 12.1 Å². The molecule has 1 saturated carbocycles. The van der Waals surface area contributed by atoms with Crippen LogP contribution in [0.15, 0.2) is 24.3 Å². The fraction of sp³-hybridized carbons (Fsp3) is 0.556. The summed E-state index contributed by atoms with van der Waals surface area (Å²) in [6.45, 7) is 3.93. The molecule has 2 rings (SSSR count). The van der Waals surface area contributed by atoms with Crippen molar-refractivity contribution in [3.8, 4) is 5.75 Å². The van der Waals surface area contributed by atoms with Crippen molar-refractivity contribution in [1.29, 1.82) is 0 Å². The van der Waals surface area contributed by atoms with Crippen LogP contribution in [0.4, 0.5) is 0 Å². The van der Waals surface area contributed by atoms with Crippen LogP contribution in [0.3, 0.4) is 0 Å². The molecule has 0 heterocycles. The predicted molar refractivity (Wildman–Crippen MR) is 92.5 cm³/mol. The van der Waals surface area contributed by atoms with Crippen LogP contribution in [-0.4, -0.2) is 30.5 Å². The standard InChI is InChI=1S/C18H27N3O3/c1-3-4-16(19)18(23)20-12(2)13-5-9-15(10-6-13)24-11-17(22)21-14-7-8-14/h5-6,9-10,12,14,16H,3-4,7-8,11,19H2,1-2H3,(H,20,23)(H,21,22). The van der Waals surface area contributed by atoms with E-state index in [0.717, 1.165) is 24.8 Å². The molecule has 0 saturated heterocycles. The number of rotatable bonds is 9. The summed E-state index contributed by atoms with van der Waals surface area (Å²) in [5.41, 5.74) is 6.78. The molecule has 2 atom stereocenters. The van der Waals surface area contributed by atoms with Gasteiger partial charge in [0.1, 0.15) is 5.75 Å². The average molecular weight is 333 g/mol. The van der Waals surface area contributed by atoms with Gasteiger partial charge in [0.2, 0.25) is 5.91 Å². The van der Waals surface area contributed by atoms with Gasteiger partial charge in [0.25, 0.3) is 5.91 Å². The summed E-state index contributed by atoms with van der Waals surface area (Å²) < 4.78 is 5.46. The Morgan fingerprint density at radius 2 is 1.96 bits per heavy atom. The third kappa shape index (κ3) is 5.85. The first-order chi connectivity index (χ1) is 11.5. The van der Waals surface area contributed by atoms with Gasteiger partial charge in [-0.3, -0.25) is 9.59 Å². The monoisotopic (exact) mass is 333 g/mol. The van der Waals surface area contributed by atoms with Gasteiger partial charge in [-0.05, 0) is 43.9 Å². The number of ether oxygens (including phenoxy) is 1. The van der Waals surface area contributed by atoms with Crippen molar-refractivity contribution in [2.75, 3.05) is 6.61 Å². The number of hydrogen-bond acceptors (Lipinski definition) is 4. The second kappa shape index (κ2) is 8.68. The Hall–Kier alpha value is -2.08. The molecule has 1 aliphatic carbocycles. The molecule has 1 aliphatic rings. The summed E-state index contributed by atoms with van der Waals surface area (Å²) in [7, 11) is 0. The summed E-state index contributed by atoms with van der Waals surface area (Å²) in [5, 5.41) is 5.78. The first-order valence-electron chi connectivity index (χ1n) is 8.57. The van der Waals surface area contributed by atoms with Gasteiger partial charge in [-0.15, -0.1) is 0 Å². The van der Waals surface area contributed by atoms with Crippen LogP contribution in [0, 0.1) is 0 Å². The maximum atomic E-state index is 11.9. The first-order valence-corrected chi connectivity index (χ1v) is 8.57. The van der Waals surface area contributed by atoms with Gasteiger partial charge in [-0.25, -0.2) is 0 Å². The molecule has 1 fully saturated rings. The van der Waals surface area contributed by atoms with Gasteiger partial charge in [-0.2, -0.15) is 0 Å². The Kier molecular flexibility index (Phi) is 6.61. The van der Waals surface area contributed by atoms with Crippen molar-refractivity contribution in [3.05, 3.63) is 29.8 Å². The van der Waals surface area contributed by atoms with E-state index in [2.05, 4.69) is 10.6 Å². The second-order valence-corrected chi connectivity index (χ2v) is 6.32. The van der Waals surface area contributed by atoms with Crippen molar-refractivity contribution in [2.45, 2.75) is 57.7 Å². The number of carbonyl (C=O) groups excluding carboxylic acids is 2. The highest BCUT2D eigenvalue weighted by Gasteiger charge is 2.23. The minimum atomic E-state index is -0.468. The zero-order valence-electron chi connectivity index (χ0n) is 14.4. The smallest absolute Gasteiger partial charge is 0.258 e. The van der Waals surface area contributed by atoms with E-state index in [1.807, 2.05) is 26.0 Å². The molecule has 24 heavy (non-hydrogen) atoms. The van der Waals surface area contributed by atoms with Crippen LogP contribution >= 0.6 is 0 Å². The summed E-state index contributed by atoms with van der Waals surface area (Å²) in [5.74, 6) is 0.402. The van der Waals surface area contributed by atoms with Crippen molar-refractivity contribution in [1.82, 2.24) is 10.6 Å². The van der Waals surface area contributed by atoms with Crippen LogP contribution in [0.5, 0.6) is 5.75 Å². The van der Waals surface area contributed by atoms with Gasteiger partial charge in [0, 0.05) is 6.04 Å². The zero-order chi connectivity index (χ0) is 17.5. The maximum absolute atomic E-state index is 11.9. The maximum Gasteiger partial charge on any atom is 0.258 e. The molecular weight excluding hydrogens is 306 g/mol. The van der Waals surface area contributed by atoms with Crippen LogP contribution in [-0.2, 0) is 9.59 Å². The van der Waals surface area contributed by atoms with Crippen LogP contribution < -0.4 is 21.1 Å². The lowest BCUT2D eigenvalue weighted by atomic mass is 10.1. The van der Waals surface area contributed by atoms with Gasteiger partial charge in [-0.1, -0.05) is 25.5 Å². The Labute approximate surface area is 143 Å². The van der Waals surface area contributed by atoms with E-state index in [-0.39, 0.29) is 24.5 Å². The molecule has 132 valence electrons. The van der Waals surface area contributed by atoms with Crippen LogP contribution in [0.2, 0.25) is 0 Å². The molecule has 0 aliphatic heterocycles. The van der Waals surface area contributed by atoms with Gasteiger partial charge >= 0.3 is 0 Å². The Morgan fingerprint density at radius 1 is 1.29 bits per heavy atom. The lowest BCUT2D eigenvalue weighted by Crippen LogP contribution is -2.41. The van der Waals surface area contributed by atoms with Crippen molar-refractivity contribution < 1.29 is 14.3 Å². The van der Waals surface area contributed by atoms with Gasteiger partial charge in [0.15, 0.2) is 6.61 Å². The Balaban J connectivity index is 1.79. The zero-order valence-corrected chi connectivity index (χ0v) is 14.4. The molecule has 6 heteroatoms. The first kappa shape index (κ1) is 18.3. The van der Waals surface area contributed by atoms with Crippen molar-refractivity contribution in [2.24, 2.45) is 5.73 Å². The molecule has 1 aromatic carbocycles. The van der Waals surface area contributed by atoms with Gasteiger partial charge < -0.3 is 21.1 Å². The van der Waals surface area contributed by atoms with Crippen LogP contribution in [0.25, 0.3) is 0 Å². The number of nitrogens with one attached hydrogen (secondary N) is 2. The number of hydrogen-bond donors (Lipinski definition) is 3. The molecular formula is C18H27N3O3. The number of nitrogens with two attached hydrogens (primary N) is 1. The summed E-state index contributed by atoms with van der Waals surface area (Å²) >= 11 is 0. The second-order valence-electron chi connectivity index (χ2n) is 6.32. The molecule has 0 radical (unpaired) electrons. The SMILES string of the molecule is CCCC(N)C(=O)NC(C)c1ccc(OCC(=O)NC2CC2)cc1. The molecule has 6 nitrogen and oxygen atoms in total. The molecule has 1 aromatic rings. The van der Waals surface area contributed by atoms with E-state index in [0.29, 0.717) is 18.2 Å².